The van der Waals surface area contributed by atoms with Gasteiger partial charge in [-0.25, -0.2) is 14.4 Å². The molecule has 8 heteroatoms. The van der Waals surface area contributed by atoms with Crippen LogP contribution in [0.5, 0.6) is 0 Å². The number of aryl methyl sites for hydroxylation is 2. The van der Waals surface area contributed by atoms with Crippen LogP contribution in [0.4, 0.5) is 10.1 Å². The van der Waals surface area contributed by atoms with Gasteiger partial charge in [0.1, 0.15) is 17.4 Å². The third-order valence-corrected chi connectivity index (χ3v) is 4.41. The minimum atomic E-state index is -0.345. The summed E-state index contributed by atoms with van der Waals surface area (Å²) in [5.74, 6) is -0.0747. The zero-order chi connectivity index (χ0) is 18.2. The third kappa shape index (κ3) is 6.15. The molecule has 3 N–H and O–H groups in total. The summed E-state index contributed by atoms with van der Waals surface area (Å²) >= 11 is 1.64. The maximum atomic E-state index is 12.9. The van der Waals surface area contributed by atoms with Gasteiger partial charge in [0.2, 0.25) is 5.91 Å². The normalized spacial score (nSPS) is 11.3. The van der Waals surface area contributed by atoms with Crippen LogP contribution in [0.2, 0.25) is 0 Å². The quantitative estimate of drug-likeness (QED) is 0.544. The van der Waals surface area contributed by atoms with Crippen molar-refractivity contribution in [2.24, 2.45) is 4.99 Å². The lowest BCUT2D eigenvalue weighted by atomic mass is 10.3. The average molecular weight is 363 g/mol. The number of aliphatic imine (C=N–C) groups is 1. The molecule has 25 heavy (non-hydrogen) atoms. The Kier molecular flexibility index (Phi) is 6.88. The van der Waals surface area contributed by atoms with Crippen molar-refractivity contribution < 1.29 is 9.18 Å². The molecule has 0 bridgehead atoms. The summed E-state index contributed by atoms with van der Waals surface area (Å²) in [7, 11) is 0. The number of hydrogen-bond acceptors (Lipinski definition) is 4. The first-order valence-electron chi connectivity index (χ1n) is 7.98. The molecule has 0 saturated carbocycles. The number of nitrogens with one attached hydrogen (secondary N) is 3. The number of amides is 1. The highest BCUT2D eigenvalue weighted by Crippen LogP contribution is 2.15. The summed E-state index contributed by atoms with van der Waals surface area (Å²) in [6.07, 6.45) is 0. The number of halogens is 1. The Bertz CT molecular complexity index is 722. The van der Waals surface area contributed by atoms with Gasteiger partial charge in [-0.1, -0.05) is 0 Å². The molecule has 2 aromatic rings. The lowest BCUT2D eigenvalue weighted by Crippen LogP contribution is -2.37. The highest BCUT2D eigenvalue weighted by molar-refractivity contribution is 7.11. The Hall–Kier alpha value is -2.48. The molecule has 0 aliphatic heterocycles. The van der Waals surface area contributed by atoms with E-state index in [1.54, 1.807) is 11.3 Å². The van der Waals surface area contributed by atoms with Crippen LogP contribution < -0.4 is 16.0 Å². The number of carbonyl (C=O) groups is 1. The van der Waals surface area contributed by atoms with Crippen LogP contribution in [0.3, 0.4) is 0 Å². The summed E-state index contributed by atoms with van der Waals surface area (Å²) in [6, 6.07) is 5.60. The maximum absolute atomic E-state index is 12.9. The Balaban J connectivity index is 1.89. The van der Waals surface area contributed by atoms with Gasteiger partial charge in [-0.05, 0) is 45.0 Å². The maximum Gasteiger partial charge on any atom is 0.246 e. The zero-order valence-corrected chi connectivity index (χ0v) is 15.3. The second kappa shape index (κ2) is 9.12. The van der Waals surface area contributed by atoms with Crippen molar-refractivity contribution in [3.63, 3.8) is 0 Å². The summed E-state index contributed by atoms with van der Waals surface area (Å²) in [4.78, 5) is 21.9. The highest BCUT2D eigenvalue weighted by atomic mass is 32.1. The van der Waals surface area contributed by atoms with Gasteiger partial charge in [-0.3, -0.25) is 4.79 Å². The minimum absolute atomic E-state index is 0.0391. The van der Waals surface area contributed by atoms with E-state index in [1.807, 2.05) is 20.8 Å². The molecule has 0 atom stereocenters. The summed E-state index contributed by atoms with van der Waals surface area (Å²) in [5.41, 5.74) is 1.57. The number of hydrogen-bond donors (Lipinski definition) is 3. The molecular formula is C17H22FN5OS. The lowest BCUT2D eigenvalue weighted by Gasteiger charge is -2.10. The predicted octanol–water partition coefficient (Wildman–Crippen LogP) is 2.59. The van der Waals surface area contributed by atoms with Gasteiger partial charge >= 0.3 is 0 Å². The van der Waals surface area contributed by atoms with Gasteiger partial charge in [0.15, 0.2) is 5.96 Å². The lowest BCUT2D eigenvalue weighted by molar-refractivity contribution is -0.114. The number of aromatic nitrogens is 1. The number of nitrogens with zero attached hydrogens (tertiary/aromatic N) is 2. The molecule has 0 aliphatic carbocycles. The predicted molar refractivity (Wildman–Crippen MR) is 99.4 cm³/mol. The van der Waals surface area contributed by atoms with Gasteiger partial charge in [-0.2, -0.15) is 0 Å². The molecule has 134 valence electrons. The fourth-order valence-electron chi connectivity index (χ4n) is 2.00. The average Bonchev–Trinajstić information content (AvgIpc) is 2.90. The van der Waals surface area contributed by atoms with Crippen LogP contribution in [0, 0.1) is 19.7 Å². The summed E-state index contributed by atoms with van der Waals surface area (Å²) in [6.45, 7) is 7.16. The fourth-order valence-corrected chi connectivity index (χ4v) is 2.87. The SMILES string of the molecule is CCNC(=NCC(=O)Nc1ccc(F)cc1)NCc1nc(C)c(C)s1. The van der Waals surface area contributed by atoms with Crippen molar-refractivity contribution in [3.05, 3.63) is 45.7 Å². The van der Waals surface area contributed by atoms with Crippen LogP contribution in [-0.2, 0) is 11.3 Å². The van der Waals surface area contributed by atoms with Crippen LogP contribution in [0.15, 0.2) is 29.3 Å². The Morgan fingerprint density at radius 2 is 1.96 bits per heavy atom. The van der Waals surface area contributed by atoms with Crippen molar-refractivity contribution in [2.75, 3.05) is 18.4 Å². The van der Waals surface area contributed by atoms with Crippen molar-refractivity contribution in [1.82, 2.24) is 15.6 Å². The van der Waals surface area contributed by atoms with E-state index < -0.39 is 0 Å². The van der Waals surface area contributed by atoms with E-state index >= 15 is 0 Å². The molecule has 6 nitrogen and oxygen atoms in total. The van der Waals surface area contributed by atoms with E-state index in [0.717, 1.165) is 10.7 Å². The fraction of sp³-hybridized carbons (Fsp3) is 0.353. The van der Waals surface area contributed by atoms with E-state index in [1.165, 1.54) is 29.1 Å². The molecule has 0 spiro atoms. The first-order valence-corrected chi connectivity index (χ1v) is 8.80. The monoisotopic (exact) mass is 363 g/mol. The molecule has 2 rings (SSSR count). The van der Waals surface area contributed by atoms with E-state index in [-0.39, 0.29) is 18.3 Å². The van der Waals surface area contributed by atoms with Crippen LogP contribution in [0.25, 0.3) is 0 Å². The molecule has 1 heterocycles. The largest absolute Gasteiger partial charge is 0.357 e. The number of anilines is 1. The molecule has 0 fully saturated rings. The van der Waals surface area contributed by atoms with E-state index in [9.17, 15) is 9.18 Å². The Morgan fingerprint density at radius 3 is 2.56 bits per heavy atom. The molecule has 1 amide bonds. The standard InChI is InChI=1S/C17H22FN5OS/c1-4-19-17(21-10-16-22-11(2)12(3)25-16)20-9-15(24)23-14-7-5-13(18)6-8-14/h5-8H,4,9-10H2,1-3H3,(H,23,24)(H2,19,20,21). The molecule has 1 aromatic heterocycles. The summed E-state index contributed by atoms with van der Waals surface area (Å²) < 4.78 is 12.9. The molecule has 0 radical (unpaired) electrons. The smallest absolute Gasteiger partial charge is 0.246 e. The molecule has 0 unspecified atom stereocenters. The first kappa shape index (κ1) is 18.9. The number of carbonyl (C=O) groups excluding carboxylic acids is 1. The molecule has 0 saturated heterocycles. The number of thiazole rings is 1. The van der Waals surface area contributed by atoms with Crippen molar-refractivity contribution in [3.8, 4) is 0 Å². The molecule has 1 aromatic carbocycles. The Labute approximate surface area is 150 Å². The number of benzene rings is 1. The Morgan fingerprint density at radius 1 is 1.24 bits per heavy atom. The van der Waals surface area contributed by atoms with Crippen molar-refractivity contribution in [1.29, 1.82) is 0 Å². The minimum Gasteiger partial charge on any atom is -0.357 e. The van der Waals surface area contributed by atoms with Crippen LogP contribution in [-0.4, -0.2) is 29.9 Å². The molecule has 0 aliphatic rings. The third-order valence-electron chi connectivity index (χ3n) is 3.33. The van der Waals surface area contributed by atoms with Crippen LogP contribution >= 0.6 is 11.3 Å². The molecular weight excluding hydrogens is 341 g/mol. The zero-order valence-electron chi connectivity index (χ0n) is 14.5. The van der Waals surface area contributed by atoms with E-state index in [0.29, 0.717) is 24.7 Å². The van der Waals surface area contributed by atoms with Gasteiger partial charge in [0, 0.05) is 17.1 Å². The summed E-state index contributed by atoms with van der Waals surface area (Å²) in [5, 5.41) is 9.89. The topological polar surface area (TPSA) is 78.4 Å². The van der Waals surface area contributed by atoms with E-state index in [2.05, 4.69) is 25.9 Å². The highest BCUT2D eigenvalue weighted by Gasteiger charge is 2.06. The van der Waals surface area contributed by atoms with Gasteiger partial charge in [0.25, 0.3) is 0 Å². The van der Waals surface area contributed by atoms with Crippen molar-refractivity contribution in [2.45, 2.75) is 27.3 Å². The van der Waals surface area contributed by atoms with Gasteiger partial charge in [-0.15, -0.1) is 11.3 Å². The first-order chi connectivity index (χ1) is 12.0. The van der Waals surface area contributed by atoms with Crippen molar-refractivity contribution >= 4 is 28.9 Å². The second-order valence-corrected chi connectivity index (χ2v) is 6.64. The van der Waals surface area contributed by atoms with Gasteiger partial charge in [0.05, 0.1) is 12.2 Å². The number of guanidine groups is 1. The number of rotatable bonds is 6. The van der Waals surface area contributed by atoms with Crippen LogP contribution in [0.1, 0.15) is 22.5 Å². The van der Waals surface area contributed by atoms with E-state index in [4.69, 9.17) is 0 Å². The van der Waals surface area contributed by atoms with Gasteiger partial charge < -0.3 is 16.0 Å². The second-order valence-electron chi connectivity index (χ2n) is 5.35.